The van der Waals surface area contributed by atoms with Gasteiger partial charge in [-0.1, -0.05) is 43.7 Å². The van der Waals surface area contributed by atoms with Crippen molar-refractivity contribution in [3.05, 3.63) is 15.5 Å². The first kappa shape index (κ1) is 14.3. The molecule has 1 aromatic rings. The molecule has 1 fully saturated rings. The second-order valence-electron chi connectivity index (χ2n) is 5.24. The van der Waals surface area contributed by atoms with E-state index in [0.717, 1.165) is 25.7 Å². The smallest absolute Gasteiger partial charge is 0.123 e. The lowest BCUT2D eigenvalue weighted by Crippen LogP contribution is -2.37. The highest BCUT2D eigenvalue weighted by Crippen LogP contribution is 2.44. The molecule has 0 aromatic carbocycles. The zero-order valence-corrected chi connectivity index (χ0v) is 12.1. The van der Waals surface area contributed by atoms with E-state index in [1.165, 1.54) is 30.6 Å². The maximum absolute atomic E-state index is 10.6. The maximum Gasteiger partial charge on any atom is 0.123 e. The number of halogens is 1. The molecule has 1 aromatic heterocycles. The third kappa shape index (κ3) is 3.05. The fourth-order valence-corrected chi connectivity index (χ4v) is 3.91. The van der Waals surface area contributed by atoms with E-state index in [1.54, 1.807) is 6.20 Å². The predicted octanol–water partition coefficient (Wildman–Crippen LogP) is 3.52. The van der Waals surface area contributed by atoms with Crippen molar-refractivity contribution >= 4 is 22.9 Å². The van der Waals surface area contributed by atoms with Crippen molar-refractivity contribution in [3.8, 4) is 0 Å². The van der Waals surface area contributed by atoms with Crippen LogP contribution in [0.3, 0.4) is 0 Å². The van der Waals surface area contributed by atoms with Gasteiger partial charge in [0.25, 0.3) is 0 Å². The Morgan fingerprint density at radius 1 is 1.33 bits per heavy atom. The molecule has 5 heteroatoms. The first-order valence-corrected chi connectivity index (χ1v) is 7.87. The van der Waals surface area contributed by atoms with Crippen LogP contribution in [0.15, 0.2) is 6.20 Å². The average molecular weight is 289 g/mol. The summed E-state index contributed by atoms with van der Waals surface area (Å²) in [6, 6.07) is 0. The predicted molar refractivity (Wildman–Crippen MR) is 75.9 cm³/mol. The second-order valence-corrected chi connectivity index (χ2v) is 6.93. The Balaban J connectivity index is 2.18. The van der Waals surface area contributed by atoms with E-state index in [-0.39, 0.29) is 5.41 Å². The van der Waals surface area contributed by atoms with Crippen LogP contribution in [0.5, 0.6) is 0 Å². The summed E-state index contributed by atoms with van der Waals surface area (Å²) in [6.45, 7) is 0.519. The lowest BCUT2D eigenvalue weighted by molar-refractivity contribution is 0.00834. The van der Waals surface area contributed by atoms with Gasteiger partial charge in [0, 0.05) is 12.0 Å². The van der Waals surface area contributed by atoms with Crippen LogP contribution in [0.4, 0.5) is 0 Å². The summed E-state index contributed by atoms with van der Waals surface area (Å²) in [7, 11) is 0. The van der Waals surface area contributed by atoms with Crippen LogP contribution in [0.2, 0.25) is 4.34 Å². The van der Waals surface area contributed by atoms with Gasteiger partial charge in [0.15, 0.2) is 0 Å². The molecule has 3 nitrogen and oxygen atoms in total. The zero-order chi connectivity index (χ0) is 13.0. The molecule has 0 bridgehead atoms. The molecule has 0 aliphatic heterocycles. The molecule has 0 spiro atoms. The molecular weight excluding hydrogens is 268 g/mol. The van der Waals surface area contributed by atoms with E-state index in [2.05, 4.69) is 4.98 Å². The van der Waals surface area contributed by atoms with Crippen molar-refractivity contribution in [3.63, 3.8) is 0 Å². The molecule has 1 saturated carbocycles. The van der Waals surface area contributed by atoms with Crippen molar-refractivity contribution in [1.82, 2.24) is 4.98 Å². The third-order valence-electron chi connectivity index (χ3n) is 4.07. The fourth-order valence-electron chi connectivity index (χ4n) is 2.85. The minimum atomic E-state index is -0.571. The highest BCUT2D eigenvalue weighted by molar-refractivity contribution is 7.15. The lowest BCUT2D eigenvalue weighted by Gasteiger charge is -2.37. The zero-order valence-electron chi connectivity index (χ0n) is 10.6. The molecule has 1 aliphatic rings. The third-order valence-corrected chi connectivity index (χ3v) is 5.23. The molecule has 3 N–H and O–H groups in total. The van der Waals surface area contributed by atoms with Gasteiger partial charge < -0.3 is 10.8 Å². The number of thiazole rings is 1. The van der Waals surface area contributed by atoms with Gasteiger partial charge in [0.05, 0.1) is 6.20 Å². The van der Waals surface area contributed by atoms with Crippen LogP contribution in [-0.2, 0) is 0 Å². The summed E-state index contributed by atoms with van der Waals surface area (Å²) in [4.78, 5) is 4.22. The van der Waals surface area contributed by atoms with Crippen LogP contribution < -0.4 is 5.73 Å². The molecular formula is C13H21ClN2OS. The van der Waals surface area contributed by atoms with Crippen LogP contribution in [-0.4, -0.2) is 16.6 Å². The van der Waals surface area contributed by atoms with Crippen LogP contribution in [0.1, 0.15) is 56.1 Å². The number of rotatable bonds is 3. The Kier molecular flexibility index (Phi) is 5.01. The Morgan fingerprint density at radius 3 is 2.44 bits per heavy atom. The molecule has 0 saturated heterocycles. The summed E-state index contributed by atoms with van der Waals surface area (Å²) >= 11 is 7.27. The number of aliphatic hydroxyl groups is 1. The quantitative estimate of drug-likeness (QED) is 0.895. The molecule has 1 aliphatic carbocycles. The normalized spacial score (nSPS) is 22.2. The summed E-state index contributed by atoms with van der Waals surface area (Å²) in [5, 5.41) is 11.3. The van der Waals surface area contributed by atoms with Crippen molar-refractivity contribution in [1.29, 1.82) is 0 Å². The van der Waals surface area contributed by atoms with Crippen LogP contribution in [0, 0.1) is 5.41 Å². The van der Waals surface area contributed by atoms with E-state index in [0.29, 0.717) is 15.9 Å². The molecule has 18 heavy (non-hydrogen) atoms. The van der Waals surface area contributed by atoms with Crippen molar-refractivity contribution in [2.24, 2.45) is 11.1 Å². The topological polar surface area (TPSA) is 59.1 Å². The molecule has 1 atom stereocenters. The summed E-state index contributed by atoms with van der Waals surface area (Å²) in [5.41, 5.74) is 5.78. The van der Waals surface area contributed by atoms with Gasteiger partial charge in [-0.15, -0.1) is 11.3 Å². The van der Waals surface area contributed by atoms with Crippen LogP contribution in [0.25, 0.3) is 0 Å². The van der Waals surface area contributed by atoms with Gasteiger partial charge in [0.1, 0.15) is 15.4 Å². The van der Waals surface area contributed by atoms with Gasteiger partial charge in [-0.3, -0.25) is 0 Å². The van der Waals surface area contributed by atoms with Gasteiger partial charge in [-0.25, -0.2) is 4.98 Å². The van der Waals surface area contributed by atoms with E-state index in [9.17, 15) is 5.11 Å². The van der Waals surface area contributed by atoms with Gasteiger partial charge in [0.2, 0.25) is 0 Å². The van der Waals surface area contributed by atoms with E-state index >= 15 is 0 Å². The van der Waals surface area contributed by atoms with E-state index in [1.807, 2.05) is 0 Å². The number of nitrogens with two attached hydrogens (primary N) is 1. The van der Waals surface area contributed by atoms with Crippen molar-refractivity contribution in [2.45, 2.75) is 51.0 Å². The standard InChI is InChI=1S/C13H21ClN2OS/c14-10-8-16-12(18-10)11(17)13(9-15)6-4-2-1-3-5-7-13/h8,11,17H,1-7,9,15H2. The van der Waals surface area contributed by atoms with E-state index in [4.69, 9.17) is 17.3 Å². The second kappa shape index (κ2) is 6.33. The Labute approximate surface area is 117 Å². The molecule has 102 valence electrons. The van der Waals surface area contributed by atoms with Gasteiger partial charge >= 0.3 is 0 Å². The molecule has 0 radical (unpaired) electrons. The average Bonchev–Trinajstić information content (AvgIpc) is 2.76. The first-order valence-electron chi connectivity index (χ1n) is 6.67. The molecule has 2 rings (SSSR count). The highest BCUT2D eigenvalue weighted by atomic mass is 35.5. The monoisotopic (exact) mass is 288 g/mol. The minimum absolute atomic E-state index is 0.207. The molecule has 1 heterocycles. The Hall–Kier alpha value is -0.160. The first-order chi connectivity index (χ1) is 8.68. The van der Waals surface area contributed by atoms with E-state index < -0.39 is 6.10 Å². The minimum Gasteiger partial charge on any atom is -0.385 e. The molecule has 1 unspecified atom stereocenters. The summed E-state index contributed by atoms with van der Waals surface area (Å²) in [5.74, 6) is 0. The Bertz CT molecular complexity index is 375. The van der Waals surface area contributed by atoms with Crippen molar-refractivity contribution in [2.75, 3.05) is 6.54 Å². The number of hydrogen-bond acceptors (Lipinski definition) is 4. The maximum atomic E-state index is 10.6. The number of nitrogens with zero attached hydrogens (tertiary/aromatic N) is 1. The lowest BCUT2D eigenvalue weighted by atomic mass is 9.72. The SMILES string of the molecule is NCC1(C(O)c2ncc(Cl)s2)CCCCCCC1. The number of aromatic nitrogens is 1. The number of hydrogen-bond donors (Lipinski definition) is 2. The summed E-state index contributed by atoms with van der Waals surface area (Å²) in [6.07, 6.45) is 9.10. The fraction of sp³-hybridized carbons (Fsp3) is 0.769. The molecule has 0 amide bonds. The van der Waals surface area contributed by atoms with Crippen molar-refractivity contribution < 1.29 is 5.11 Å². The van der Waals surface area contributed by atoms with Gasteiger partial charge in [-0.05, 0) is 12.8 Å². The highest BCUT2D eigenvalue weighted by Gasteiger charge is 2.38. The van der Waals surface area contributed by atoms with Gasteiger partial charge in [-0.2, -0.15) is 0 Å². The summed E-state index contributed by atoms with van der Waals surface area (Å²) < 4.78 is 0.627. The Morgan fingerprint density at radius 2 is 1.94 bits per heavy atom. The number of aliphatic hydroxyl groups excluding tert-OH is 1. The van der Waals surface area contributed by atoms with Crippen LogP contribution >= 0.6 is 22.9 Å². The largest absolute Gasteiger partial charge is 0.385 e.